The van der Waals surface area contributed by atoms with Gasteiger partial charge in [-0.15, -0.1) is 0 Å². The summed E-state index contributed by atoms with van der Waals surface area (Å²) in [5.41, 5.74) is 5.10. The van der Waals surface area contributed by atoms with Crippen LogP contribution in [0.1, 0.15) is 58.8 Å². The molecular weight excluding hydrogens is 256 g/mol. The Morgan fingerprint density at radius 1 is 1.16 bits per heavy atom. The van der Waals surface area contributed by atoms with Crippen molar-refractivity contribution in [3.05, 3.63) is 0 Å². The van der Waals surface area contributed by atoms with Crippen molar-refractivity contribution in [2.75, 3.05) is 0 Å². The molecule has 3 unspecified atom stereocenters. The van der Waals surface area contributed by atoms with Crippen LogP contribution in [0.2, 0.25) is 0 Å². The summed E-state index contributed by atoms with van der Waals surface area (Å²) in [7, 11) is 0. The van der Waals surface area contributed by atoms with Gasteiger partial charge in [0.1, 0.15) is 0 Å². The van der Waals surface area contributed by atoms with Crippen LogP contribution in [0.15, 0.2) is 0 Å². The van der Waals surface area contributed by atoms with Crippen LogP contribution in [-0.2, 0) is 4.79 Å². The topological polar surface area (TPSA) is 55.1 Å². The fraction of sp³-hybridized carbons (Fsp3) is 0.867. The van der Waals surface area contributed by atoms with Crippen LogP contribution in [-0.4, -0.2) is 16.4 Å². The number of amides is 1. The molecule has 0 aliphatic heterocycles. The van der Waals surface area contributed by atoms with Crippen LogP contribution in [0.25, 0.3) is 0 Å². The molecule has 4 heteroatoms. The molecule has 0 aromatic rings. The Hall–Kier alpha value is -0.640. The highest BCUT2D eigenvalue weighted by Crippen LogP contribution is 2.42. The van der Waals surface area contributed by atoms with E-state index >= 15 is 0 Å². The number of carbonyl (C=O) groups is 1. The number of rotatable bonds is 3. The summed E-state index contributed by atoms with van der Waals surface area (Å²) >= 11 is 5.01. The Labute approximate surface area is 121 Å². The molecule has 108 valence electrons. The summed E-state index contributed by atoms with van der Waals surface area (Å²) in [6.45, 7) is 3.75. The first-order valence-corrected chi connectivity index (χ1v) is 7.93. The number of fused-ring (bicyclic) bond motifs is 1. The maximum atomic E-state index is 12.4. The fourth-order valence-corrected chi connectivity index (χ4v) is 3.63. The molecule has 0 bridgehead atoms. The molecule has 2 aliphatic rings. The van der Waals surface area contributed by atoms with E-state index in [4.69, 9.17) is 18.0 Å². The lowest BCUT2D eigenvalue weighted by molar-refractivity contribution is -0.128. The predicted octanol–water partition coefficient (Wildman–Crippen LogP) is 2.77. The summed E-state index contributed by atoms with van der Waals surface area (Å²) in [6, 6.07) is 0. The molecule has 2 aliphatic carbocycles. The highest BCUT2D eigenvalue weighted by atomic mass is 32.1. The van der Waals surface area contributed by atoms with Crippen molar-refractivity contribution in [1.82, 2.24) is 5.32 Å². The SMILES string of the molecule is CC(C)(NC(=O)C1CCC2CCCCC2C1)C(N)=S. The summed E-state index contributed by atoms with van der Waals surface area (Å²) < 4.78 is 0. The van der Waals surface area contributed by atoms with Gasteiger partial charge in [0.2, 0.25) is 5.91 Å². The van der Waals surface area contributed by atoms with Gasteiger partial charge in [0.15, 0.2) is 0 Å². The molecule has 3 atom stereocenters. The smallest absolute Gasteiger partial charge is 0.223 e. The van der Waals surface area contributed by atoms with Gasteiger partial charge in [0.05, 0.1) is 10.5 Å². The number of hydrogen-bond donors (Lipinski definition) is 2. The Morgan fingerprint density at radius 2 is 1.79 bits per heavy atom. The number of hydrogen-bond acceptors (Lipinski definition) is 2. The maximum absolute atomic E-state index is 12.4. The molecule has 0 saturated heterocycles. The van der Waals surface area contributed by atoms with Gasteiger partial charge in [-0.3, -0.25) is 4.79 Å². The molecule has 3 N–H and O–H groups in total. The lowest BCUT2D eigenvalue weighted by Gasteiger charge is -2.39. The summed E-state index contributed by atoms with van der Waals surface area (Å²) in [5, 5.41) is 3.02. The van der Waals surface area contributed by atoms with E-state index in [0.717, 1.165) is 24.7 Å². The molecule has 0 radical (unpaired) electrons. The van der Waals surface area contributed by atoms with E-state index in [1.54, 1.807) is 0 Å². The van der Waals surface area contributed by atoms with Crippen molar-refractivity contribution >= 4 is 23.1 Å². The highest BCUT2D eigenvalue weighted by Gasteiger charge is 2.36. The third-order valence-electron chi connectivity index (χ3n) is 4.96. The van der Waals surface area contributed by atoms with Crippen LogP contribution in [0, 0.1) is 17.8 Å². The van der Waals surface area contributed by atoms with Gasteiger partial charge in [0, 0.05) is 5.92 Å². The molecule has 2 saturated carbocycles. The van der Waals surface area contributed by atoms with Gasteiger partial charge >= 0.3 is 0 Å². The van der Waals surface area contributed by atoms with Gasteiger partial charge in [0.25, 0.3) is 0 Å². The summed E-state index contributed by atoms with van der Waals surface area (Å²) in [5.74, 6) is 1.95. The van der Waals surface area contributed by atoms with Crippen LogP contribution < -0.4 is 11.1 Å². The minimum atomic E-state index is -0.574. The molecule has 2 fully saturated rings. The second-order valence-electron chi connectivity index (χ2n) is 6.79. The lowest BCUT2D eigenvalue weighted by atomic mass is 9.67. The summed E-state index contributed by atoms with van der Waals surface area (Å²) in [6.07, 6.45) is 8.71. The third-order valence-corrected chi connectivity index (χ3v) is 5.47. The van der Waals surface area contributed by atoms with Crippen molar-refractivity contribution in [2.24, 2.45) is 23.5 Å². The summed E-state index contributed by atoms with van der Waals surface area (Å²) in [4.78, 5) is 12.7. The van der Waals surface area contributed by atoms with Crippen LogP contribution >= 0.6 is 12.2 Å². The molecule has 0 aromatic carbocycles. The number of nitrogens with one attached hydrogen (secondary N) is 1. The molecule has 3 nitrogen and oxygen atoms in total. The number of carbonyl (C=O) groups excluding carboxylic acids is 1. The maximum Gasteiger partial charge on any atom is 0.223 e. The molecule has 2 rings (SSSR count). The quantitative estimate of drug-likeness (QED) is 0.783. The van der Waals surface area contributed by atoms with Crippen LogP contribution in [0.3, 0.4) is 0 Å². The van der Waals surface area contributed by atoms with Gasteiger partial charge in [-0.05, 0) is 44.9 Å². The Kier molecular flexibility index (Phi) is 4.49. The second-order valence-corrected chi connectivity index (χ2v) is 7.23. The van der Waals surface area contributed by atoms with Gasteiger partial charge < -0.3 is 11.1 Å². The lowest BCUT2D eigenvalue weighted by Crippen LogP contribution is -2.54. The standard InChI is InChI=1S/C15H26N2OS/c1-15(2,14(16)19)17-13(18)12-8-7-10-5-3-4-6-11(10)9-12/h10-12H,3-9H2,1-2H3,(H2,16,19)(H,17,18). The Bertz CT molecular complexity index is 367. The van der Waals surface area contributed by atoms with E-state index in [1.807, 2.05) is 13.8 Å². The van der Waals surface area contributed by atoms with Crippen molar-refractivity contribution in [3.8, 4) is 0 Å². The molecule has 0 spiro atoms. The van der Waals surface area contributed by atoms with Crippen LogP contribution in [0.5, 0.6) is 0 Å². The average molecular weight is 282 g/mol. The number of thiocarbonyl (C=S) groups is 1. The van der Waals surface area contributed by atoms with Gasteiger partial charge in [-0.25, -0.2) is 0 Å². The molecule has 1 amide bonds. The van der Waals surface area contributed by atoms with E-state index in [1.165, 1.54) is 32.1 Å². The Morgan fingerprint density at radius 3 is 2.42 bits per heavy atom. The zero-order chi connectivity index (χ0) is 14.0. The van der Waals surface area contributed by atoms with E-state index in [9.17, 15) is 4.79 Å². The largest absolute Gasteiger partial charge is 0.391 e. The van der Waals surface area contributed by atoms with E-state index < -0.39 is 5.54 Å². The zero-order valence-electron chi connectivity index (χ0n) is 12.1. The highest BCUT2D eigenvalue weighted by molar-refractivity contribution is 7.80. The second kappa shape index (κ2) is 5.78. The average Bonchev–Trinajstić information content (AvgIpc) is 2.37. The van der Waals surface area contributed by atoms with Crippen molar-refractivity contribution in [3.63, 3.8) is 0 Å². The van der Waals surface area contributed by atoms with E-state index in [0.29, 0.717) is 4.99 Å². The molecule has 0 heterocycles. The predicted molar refractivity (Wildman–Crippen MR) is 81.8 cm³/mol. The minimum absolute atomic E-state index is 0.141. The third kappa shape index (κ3) is 3.47. The van der Waals surface area contributed by atoms with Crippen LogP contribution in [0.4, 0.5) is 0 Å². The van der Waals surface area contributed by atoms with Gasteiger partial charge in [-0.1, -0.05) is 37.9 Å². The number of nitrogens with two attached hydrogens (primary N) is 1. The monoisotopic (exact) mass is 282 g/mol. The normalized spacial score (nSPS) is 31.4. The Balaban J connectivity index is 1.92. The molecule has 19 heavy (non-hydrogen) atoms. The van der Waals surface area contributed by atoms with E-state index in [-0.39, 0.29) is 11.8 Å². The molecular formula is C15H26N2OS. The van der Waals surface area contributed by atoms with Crippen molar-refractivity contribution in [1.29, 1.82) is 0 Å². The first kappa shape index (κ1) is 14.8. The first-order valence-electron chi connectivity index (χ1n) is 7.52. The van der Waals surface area contributed by atoms with Crippen molar-refractivity contribution < 1.29 is 4.79 Å². The minimum Gasteiger partial charge on any atom is -0.391 e. The molecule has 0 aromatic heterocycles. The van der Waals surface area contributed by atoms with E-state index in [2.05, 4.69) is 5.32 Å². The zero-order valence-corrected chi connectivity index (χ0v) is 12.9. The van der Waals surface area contributed by atoms with Gasteiger partial charge in [-0.2, -0.15) is 0 Å². The first-order chi connectivity index (χ1) is 8.90. The van der Waals surface area contributed by atoms with Crippen molar-refractivity contribution in [2.45, 2.75) is 64.3 Å². The fourth-order valence-electron chi connectivity index (χ4n) is 3.58.